The fraction of sp³-hybridized carbons (Fsp3) is 0.579. The number of nitrogens with one attached hydrogen (secondary N) is 3. The van der Waals surface area contributed by atoms with E-state index < -0.39 is 0 Å². The van der Waals surface area contributed by atoms with Gasteiger partial charge in [0, 0.05) is 32.6 Å². The lowest BCUT2D eigenvalue weighted by Crippen LogP contribution is -2.41. The molecule has 0 saturated heterocycles. The number of benzene rings is 1. The van der Waals surface area contributed by atoms with E-state index in [2.05, 4.69) is 33.1 Å². The molecule has 0 atom stereocenters. The number of aliphatic imine (C=N–C) groups is 1. The lowest BCUT2D eigenvalue weighted by molar-refractivity contribution is -0.121. The Morgan fingerprint density at radius 2 is 1.81 bits per heavy atom. The van der Waals surface area contributed by atoms with Gasteiger partial charge in [-0.3, -0.25) is 9.79 Å². The summed E-state index contributed by atoms with van der Waals surface area (Å²) in [6.45, 7) is 1.36. The van der Waals surface area contributed by atoms with Crippen LogP contribution in [0.2, 0.25) is 0 Å². The van der Waals surface area contributed by atoms with Gasteiger partial charge in [0.15, 0.2) is 5.96 Å². The summed E-state index contributed by atoms with van der Waals surface area (Å²) >= 11 is 0. The third-order valence-corrected chi connectivity index (χ3v) is 4.45. The minimum atomic E-state index is 0. The number of rotatable bonds is 8. The minimum absolute atomic E-state index is 0. The molecule has 2 rings (SSSR count). The van der Waals surface area contributed by atoms with Crippen molar-refractivity contribution in [2.24, 2.45) is 4.99 Å². The van der Waals surface area contributed by atoms with Crippen LogP contribution in [0.3, 0.4) is 0 Å². The average molecular weight is 474 g/mol. The number of carbonyl (C=O) groups is 1. The van der Waals surface area contributed by atoms with Crippen LogP contribution in [0.5, 0.6) is 5.75 Å². The van der Waals surface area contributed by atoms with E-state index in [9.17, 15) is 4.79 Å². The van der Waals surface area contributed by atoms with Crippen LogP contribution in [0.25, 0.3) is 0 Å². The Morgan fingerprint density at radius 3 is 2.42 bits per heavy atom. The second kappa shape index (κ2) is 12.8. The maximum atomic E-state index is 11.9. The van der Waals surface area contributed by atoms with Crippen LogP contribution in [-0.2, 0) is 11.2 Å². The third kappa shape index (κ3) is 8.25. The Bertz CT molecular complexity index is 557. The van der Waals surface area contributed by atoms with Crippen molar-refractivity contribution >= 4 is 35.8 Å². The first-order chi connectivity index (χ1) is 12.2. The topological polar surface area (TPSA) is 74.8 Å². The predicted octanol–water partition coefficient (Wildman–Crippen LogP) is 2.47. The first-order valence-corrected chi connectivity index (χ1v) is 9.08. The molecule has 1 saturated carbocycles. The van der Waals surface area contributed by atoms with Crippen molar-refractivity contribution < 1.29 is 9.53 Å². The van der Waals surface area contributed by atoms with Gasteiger partial charge in [0.1, 0.15) is 5.75 Å². The zero-order chi connectivity index (χ0) is 17.9. The quantitative estimate of drug-likeness (QED) is 0.308. The summed E-state index contributed by atoms with van der Waals surface area (Å²) in [5.74, 6) is 1.71. The SMILES string of the molecule is CN=C(NCCC(=O)NC1CCCC1)NCCc1ccc(OC)cc1.I. The summed E-state index contributed by atoms with van der Waals surface area (Å²) in [6, 6.07) is 8.43. The van der Waals surface area contributed by atoms with Crippen molar-refractivity contribution in [3.05, 3.63) is 29.8 Å². The number of amides is 1. The van der Waals surface area contributed by atoms with Crippen molar-refractivity contribution in [1.82, 2.24) is 16.0 Å². The summed E-state index contributed by atoms with van der Waals surface area (Å²) in [4.78, 5) is 16.1. The van der Waals surface area contributed by atoms with Gasteiger partial charge in [-0.2, -0.15) is 0 Å². The molecule has 0 radical (unpaired) electrons. The highest BCUT2D eigenvalue weighted by Gasteiger charge is 2.16. The van der Waals surface area contributed by atoms with Crippen molar-refractivity contribution in [3.8, 4) is 5.75 Å². The minimum Gasteiger partial charge on any atom is -0.497 e. The molecule has 7 heteroatoms. The van der Waals surface area contributed by atoms with Gasteiger partial charge in [-0.15, -0.1) is 24.0 Å². The van der Waals surface area contributed by atoms with Crippen LogP contribution in [-0.4, -0.2) is 45.2 Å². The normalized spacial score (nSPS) is 14.5. The van der Waals surface area contributed by atoms with E-state index in [1.165, 1.54) is 18.4 Å². The van der Waals surface area contributed by atoms with Crippen molar-refractivity contribution in [2.75, 3.05) is 27.2 Å². The van der Waals surface area contributed by atoms with Crippen LogP contribution in [0.15, 0.2) is 29.3 Å². The van der Waals surface area contributed by atoms with E-state index in [4.69, 9.17) is 4.74 Å². The first kappa shape index (κ1) is 22.5. The van der Waals surface area contributed by atoms with Gasteiger partial charge in [0.2, 0.25) is 5.91 Å². The molecular weight excluding hydrogens is 443 g/mol. The zero-order valence-corrected chi connectivity index (χ0v) is 18.0. The Morgan fingerprint density at radius 1 is 1.15 bits per heavy atom. The Hall–Kier alpha value is -1.51. The molecule has 26 heavy (non-hydrogen) atoms. The standard InChI is InChI=1S/C19H30N4O2.HI/c1-20-19(21-13-11-15-7-9-17(25-2)10-8-15)22-14-12-18(24)23-16-5-3-4-6-16;/h7-10,16H,3-6,11-14H2,1-2H3,(H,23,24)(H2,20,21,22);1H. The summed E-state index contributed by atoms with van der Waals surface area (Å²) in [5, 5.41) is 9.55. The van der Waals surface area contributed by atoms with E-state index in [1.54, 1.807) is 14.2 Å². The zero-order valence-electron chi connectivity index (χ0n) is 15.7. The van der Waals surface area contributed by atoms with Gasteiger partial charge in [-0.1, -0.05) is 25.0 Å². The monoisotopic (exact) mass is 474 g/mol. The molecule has 0 spiro atoms. The van der Waals surface area contributed by atoms with E-state index in [0.29, 0.717) is 19.0 Å². The van der Waals surface area contributed by atoms with E-state index in [1.807, 2.05) is 12.1 Å². The van der Waals surface area contributed by atoms with Crippen LogP contribution in [0.1, 0.15) is 37.7 Å². The van der Waals surface area contributed by atoms with Crippen LogP contribution in [0, 0.1) is 0 Å². The second-order valence-electron chi connectivity index (χ2n) is 6.32. The van der Waals surface area contributed by atoms with E-state index in [-0.39, 0.29) is 29.9 Å². The van der Waals surface area contributed by atoms with Crippen molar-refractivity contribution in [1.29, 1.82) is 0 Å². The Labute approximate surface area is 173 Å². The van der Waals surface area contributed by atoms with Crippen LogP contribution < -0.4 is 20.7 Å². The molecule has 0 bridgehead atoms. The number of nitrogens with zero attached hydrogens (tertiary/aromatic N) is 1. The van der Waals surface area contributed by atoms with Gasteiger partial charge >= 0.3 is 0 Å². The molecule has 1 amide bonds. The van der Waals surface area contributed by atoms with Crippen molar-refractivity contribution in [3.63, 3.8) is 0 Å². The second-order valence-corrected chi connectivity index (χ2v) is 6.32. The van der Waals surface area contributed by atoms with E-state index in [0.717, 1.165) is 37.5 Å². The average Bonchev–Trinajstić information content (AvgIpc) is 3.14. The summed E-state index contributed by atoms with van der Waals surface area (Å²) in [5.41, 5.74) is 1.24. The number of carbonyl (C=O) groups excluding carboxylic acids is 1. The third-order valence-electron chi connectivity index (χ3n) is 4.45. The lowest BCUT2D eigenvalue weighted by Gasteiger charge is -2.14. The van der Waals surface area contributed by atoms with Crippen molar-refractivity contribution in [2.45, 2.75) is 44.6 Å². The summed E-state index contributed by atoms with van der Waals surface area (Å²) < 4.78 is 5.16. The van der Waals surface area contributed by atoms with Gasteiger partial charge in [-0.25, -0.2) is 0 Å². The number of hydrogen-bond acceptors (Lipinski definition) is 3. The molecule has 1 aromatic carbocycles. The Balaban J connectivity index is 0.00000338. The van der Waals surface area contributed by atoms with Gasteiger partial charge in [-0.05, 0) is 37.0 Å². The summed E-state index contributed by atoms with van der Waals surface area (Å²) in [6.07, 6.45) is 6.06. The smallest absolute Gasteiger partial charge is 0.221 e. The molecule has 1 aromatic rings. The molecule has 0 heterocycles. The maximum Gasteiger partial charge on any atom is 0.221 e. The number of halogens is 1. The fourth-order valence-electron chi connectivity index (χ4n) is 3.00. The molecule has 1 aliphatic rings. The van der Waals surface area contributed by atoms with Crippen LogP contribution >= 0.6 is 24.0 Å². The molecule has 1 aliphatic carbocycles. The Kier molecular flexibility index (Phi) is 11.1. The number of ether oxygens (including phenoxy) is 1. The van der Waals surface area contributed by atoms with Gasteiger partial charge < -0.3 is 20.7 Å². The highest BCUT2D eigenvalue weighted by atomic mass is 127. The largest absolute Gasteiger partial charge is 0.497 e. The molecule has 0 aliphatic heterocycles. The lowest BCUT2D eigenvalue weighted by atomic mass is 10.1. The maximum absolute atomic E-state index is 11.9. The molecule has 146 valence electrons. The molecule has 3 N–H and O–H groups in total. The molecule has 0 unspecified atom stereocenters. The number of methoxy groups -OCH3 is 1. The number of guanidine groups is 1. The fourth-order valence-corrected chi connectivity index (χ4v) is 3.00. The number of hydrogen-bond donors (Lipinski definition) is 3. The van der Waals surface area contributed by atoms with E-state index >= 15 is 0 Å². The molecule has 6 nitrogen and oxygen atoms in total. The highest BCUT2D eigenvalue weighted by molar-refractivity contribution is 14.0. The van der Waals surface area contributed by atoms with Crippen LogP contribution in [0.4, 0.5) is 0 Å². The molecule has 1 fully saturated rings. The first-order valence-electron chi connectivity index (χ1n) is 9.08. The van der Waals surface area contributed by atoms with Gasteiger partial charge in [0.25, 0.3) is 0 Å². The highest BCUT2D eigenvalue weighted by Crippen LogP contribution is 2.17. The molecule has 0 aromatic heterocycles. The predicted molar refractivity (Wildman–Crippen MR) is 116 cm³/mol. The summed E-state index contributed by atoms with van der Waals surface area (Å²) in [7, 11) is 3.40. The molecular formula is C19H31IN4O2. The van der Waals surface area contributed by atoms with Gasteiger partial charge in [0.05, 0.1) is 7.11 Å².